The van der Waals surface area contributed by atoms with Gasteiger partial charge in [0.2, 0.25) is 0 Å². The van der Waals surface area contributed by atoms with Gasteiger partial charge < -0.3 is 20.1 Å². The first-order valence-electron chi connectivity index (χ1n) is 9.80. The normalized spacial score (nSPS) is 27.2. The number of alkyl carbamates (subject to hydrolysis) is 1. The van der Waals surface area contributed by atoms with Gasteiger partial charge in [-0.2, -0.15) is 5.10 Å². The lowest BCUT2D eigenvalue weighted by Gasteiger charge is -2.42. The second-order valence-corrected chi connectivity index (χ2v) is 7.76. The van der Waals surface area contributed by atoms with Gasteiger partial charge in [-0.1, -0.05) is 0 Å². The molecule has 7 nitrogen and oxygen atoms in total. The number of hydrogen-bond donors (Lipinski definition) is 3. The zero-order valence-corrected chi connectivity index (χ0v) is 16.0. The van der Waals surface area contributed by atoms with Crippen LogP contribution in [0.15, 0.2) is 6.20 Å². The number of ether oxygens (including phenoxy) is 2. The van der Waals surface area contributed by atoms with Crippen molar-refractivity contribution in [3.8, 4) is 0 Å². The van der Waals surface area contributed by atoms with Crippen LogP contribution in [-0.2, 0) is 9.47 Å². The van der Waals surface area contributed by atoms with Gasteiger partial charge in [0.1, 0.15) is 0 Å². The molecule has 1 amide bonds. The topological polar surface area (TPSA) is 88.3 Å². The number of aromatic nitrogens is 2. The number of aromatic amines is 1. The number of amides is 1. The molecule has 1 atom stereocenters. The van der Waals surface area contributed by atoms with Crippen molar-refractivity contribution in [2.75, 3.05) is 33.4 Å². The summed E-state index contributed by atoms with van der Waals surface area (Å²) in [5.41, 5.74) is 2.94. The molecular weight excluding hydrogens is 332 g/mol. The molecule has 1 aliphatic heterocycles. The van der Waals surface area contributed by atoms with Crippen LogP contribution in [0, 0.1) is 5.41 Å². The highest BCUT2D eigenvalue weighted by atomic mass is 16.5. The van der Waals surface area contributed by atoms with E-state index in [4.69, 9.17) is 4.74 Å². The molecule has 1 aromatic heterocycles. The van der Waals surface area contributed by atoms with Crippen LogP contribution >= 0.6 is 0 Å². The minimum absolute atomic E-state index is 0.192. The second-order valence-electron chi connectivity index (χ2n) is 7.76. The molecule has 146 valence electrons. The minimum Gasteiger partial charge on any atom is -0.453 e. The molecule has 26 heavy (non-hydrogen) atoms. The second kappa shape index (κ2) is 8.86. The highest BCUT2D eigenvalue weighted by Crippen LogP contribution is 2.47. The molecule has 2 fully saturated rings. The molecule has 1 spiro atoms. The summed E-state index contributed by atoms with van der Waals surface area (Å²) >= 11 is 0. The van der Waals surface area contributed by atoms with E-state index in [1.165, 1.54) is 56.9 Å². The highest BCUT2D eigenvalue weighted by molar-refractivity contribution is 5.66. The molecule has 1 unspecified atom stereocenters. The monoisotopic (exact) mass is 364 g/mol. The molecule has 3 rings (SSSR count). The quantitative estimate of drug-likeness (QED) is 0.676. The Morgan fingerprint density at radius 2 is 2.23 bits per heavy atom. The standard InChI is InChI=1S/C19H32N4O3/c1-14(20-9-10-21-18(24)25-2)16-12-22-23-17(16)15-4-7-19(8-5-15)6-3-11-26-13-19/h12,14-15,20H,3-11,13H2,1-2H3,(H,21,24)(H,22,23). The van der Waals surface area contributed by atoms with Crippen LogP contribution in [0.1, 0.15) is 68.7 Å². The maximum Gasteiger partial charge on any atom is 0.406 e. The number of carbonyl (C=O) groups excluding carboxylic acids is 1. The number of rotatable bonds is 6. The Balaban J connectivity index is 1.51. The van der Waals surface area contributed by atoms with Gasteiger partial charge in [-0.05, 0) is 50.9 Å². The molecule has 1 aliphatic carbocycles. The van der Waals surface area contributed by atoms with Crippen LogP contribution in [0.2, 0.25) is 0 Å². The summed E-state index contributed by atoms with van der Waals surface area (Å²) in [6.07, 6.45) is 8.98. The van der Waals surface area contributed by atoms with Gasteiger partial charge in [-0.15, -0.1) is 0 Å². The number of nitrogens with one attached hydrogen (secondary N) is 3. The first-order valence-corrected chi connectivity index (χ1v) is 9.80. The fourth-order valence-electron chi connectivity index (χ4n) is 4.44. The fourth-order valence-corrected chi connectivity index (χ4v) is 4.44. The maximum atomic E-state index is 11.1. The van der Waals surface area contributed by atoms with Gasteiger partial charge in [0, 0.05) is 42.9 Å². The van der Waals surface area contributed by atoms with Crippen molar-refractivity contribution in [2.24, 2.45) is 5.41 Å². The van der Waals surface area contributed by atoms with E-state index < -0.39 is 6.09 Å². The Hall–Kier alpha value is -1.60. The molecule has 7 heteroatoms. The summed E-state index contributed by atoms with van der Waals surface area (Å²) in [5.74, 6) is 0.553. The van der Waals surface area contributed by atoms with E-state index in [2.05, 4.69) is 32.5 Å². The molecule has 2 aliphatic rings. The van der Waals surface area contributed by atoms with Crippen molar-refractivity contribution in [3.63, 3.8) is 0 Å². The van der Waals surface area contributed by atoms with E-state index in [9.17, 15) is 4.79 Å². The van der Waals surface area contributed by atoms with Crippen molar-refractivity contribution in [2.45, 2.75) is 57.4 Å². The third-order valence-electron chi connectivity index (χ3n) is 6.05. The van der Waals surface area contributed by atoms with Crippen molar-refractivity contribution in [3.05, 3.63) is 17.5 Å². The first kappa shape index (κ1) is 19.2. The van der Waals surface area contributed by atoms with Crippen molar-refractivity contribution in [1.29, 1.82) is 0 Å². The SMILES string of the molecule is COC(=O)NCCNC(C)c1cn[nH]c1C1CCC2(CCCOC2)CC1. The zero-order chi connectivity index (χ0) is 18.4. The van der Waals surface area contributed by atoms with Gasteiger partial charge in [-0.3, -0.25) is 5.10 Å². The third kappa shape index (κ3) is 4.57. The maximum absolute atomic E-state index is 11.1. The lowest BCUT2D eigenvalue weighted by molar-refractivity contribution is -0.0310. The summed E-state index contributed by atoms with van der Waals surface area (Å²) < 4.78 is 10.3. The highest BCUT2D eigenvalue weighted by Gasteiger charge is 2.38. The smallest absolute Gasteiger partial charge is 0.406 e. The largest absolute Gasteiger partial charge is 0.453 e. The van der Waals surface area contributed by atoms with Crippen LogP contribution in [0.25, 0.3) is 0 Å². The molecule has 1 aromatic rings. The number of methoxy groups -OCH3 is 1. The predicted octanol–water partition coefficient (Wildman–Crippen LogP) is 2.87. The summed E-state index contributed by atoms with van der Waals surface area (Å²) in [6, 6.07) is 0.192. The third-order valence-corrected chi connectivity index (χ3v) is 6.05. The van der Waals surface area contributed by atoms with Crippen molar-refractivity contribution >= 4 is 6.09 Å². The molecule has 1 saturated carbocycles. The van der Waals surface area contributed by atoms with Gasteiger partial charge in [0.05, 0.1) is 19.9 Å². The molecule has 0 radical (unpaired) electrons. The van der Waals surface area contributed by atoms with E-state index in [0.717, 1.165) is 13.2 Å². The zero-order valence-electron chi connectivity index (χ0n) is 16.0. The summed E-state index contributed by atoms with van der Waals surface area (Å²) in [5, 5.41) is 13.7. The summed E-state index contributed by atoms with van der Waals surface area (Å²) in [4.78, 5) is 11.1. The van der Waals surface area contributed by atoms with Crippen LogP contribution in [0.5, 0.6) is 0 Å². The minimum atomic E-state index is -0.397. The van der Waals surface area contributed by atoms with Crippen LogP contribution < -0.4 is 10.6 Å². The van der Waals surface area contributed by atoms with Gasteiger partial charge in [-0.25, -0.2) is 4.79 Å². The lowest BCUT2D eigenvalue weighted by Crippen LogP contribution is -2.35. The molecule has 3 N–H and O–H groups in total. The Bertz CT molecular complexity index is 573. The number of carbonyl (C=O) groups is 1. The predicted molar refractivity (Wildman–Crippen MR) is 99.1 cm³/mol. The van der Waals surface area contributed by atoms with Crippen molar-refractivity contribution in [1.82, 2.24) is 20.8 Å². The van der Waals surface area contributed by atoms with Gasteiger partial charge >= 0.3 is 6.09 Å². The Morgan fingerprint density at radius 3 is 2.92 bits per heavy atom. The Labute approximate surface area is 155 Å². The van der Waals surface area contributed by atoms with E-state index in [1.807, 2.05) is 6.20 Å². The number of H-pyrrole nitrogens is 1. The molecule has 0 aromatic carbocycles. The fraction of sp³-hybridized carbons (Fsp3) is 0.789. The summed E-state index contributed by atoms with van der Waals surface area (Å²) in [6.45, 7) is 5.25. The van der Waals surface area contributed by atoms with Crippen LogP contribution in [0.3, 0.4) is 0 Å². The summed E-state index contributed by atoms with van der Waals surface area (Å²) in [7, 11) is 1.37. The average molecular weight is 364 g/mol. The Kier molecular flexibility index (Phi) is 6.53. The van der Waals surface area contributed by atoms with E-state index >= 15 is 0 Å². The van der Waals surface area contributed by atoms with Crippen LogP contribution in [-0.4, -0.2) is 49.7 Å². The Morgan fingerprint density at radius 1 is 1.42 bits per heavy atom. The number of hydrogen-bond acceptors (Lipinski definition) is 5. The van der Waals surface area contributed by atoms with Gasteiger partial charge in [0.15, 0.2) is 0 Å². The number of nitrogens with zero attached hydrogens (tertiary/aromatic N) is 1. The molecule has 1 saturated heterocycles. The molecule has 0 bridgehead atoms. The van der Waals surface area contributed by atoms with Crippen LogP contribution in [0.4, 0.5) is 4.79 Å². The van der Waals surface area contributed by atoms with E-state index in [1.54, 1.807) is 0 Å². The van der Waals surface area contributed by atoms with Crippen molar-refractivity contribution < 1.29 is 14.3 Å². The van der Waals surface area contributed by atoms with E-state index in [-0.39, 0.29) is 6.04 Å². The first-order chi connectivity index (χ1) is 12.6. The van der Waals surface area contributed by atoms with Gasteiger partial charge in [0.25, 0.3) is 0 Å². The molecule has 2 heterocycles. The van der Waals surface area contributed by atoms with E-state index in [0.29, 0.717) is 24.4 Å². The lowest BCUT2D eigenvalue weighted by atomic mass is 9.67. The molecular formula is C19H32N4O3. The average Bonchev–Trinajstić information content (AvgIpc) is 3.16.